The first kappa shape index (κ1) is 12.3. The summed E-state index contributed by atoms with van der Waals surface area (Å²) in [4.78, 5) is 31.1. The van der Waals surface area contributed by atoms with Crippen LogP contribution in [-0.2, 0) is 0 Å². The van der Waals surface area contributed by atoms with Gasteiger partial charge in [0.1, 0.15) is 5.56 Å². The van der Waals surface area contributed by atoms with Crippen LogP contribution in [0.1, 0.15) is 15.2 Å². The van der Waals surface area contributed by atoms with Gasteiger partial charge in [0.15, 0.2) is 4.96 Å². The van der Waals surface area contributed by atoms with Crippen LogP contribution in [0.5, 0.6) is 0 Å². The molecule has 92 valence electrons. The average molecular weight is 261 g/mol. The molecule has 2 rings (SSSR count). The number of nitrogens with zero attached hydrogens (tertiary/aromatic N) is 3. The fourth-order valence-corrected chi connectivity index (χ4v) is 2.34. The molecule has 0 N–H and O–H groups in total. The molecule has 1 amide bonds. The standard InChI is InChI=1S/C12H11N3O2S/c1-4-5-14(3)10(16)9-6-13-12-15(11(9)17)7-8(2)18-12/h1,6-7H,5H2,2-3H3. The molecule has 0 aliphatic rings. The van der Waals surface area contributed by atoms with Gasteiger partial charge < -0.3 is 4.90 Å². The third-order valence-electron chi connectivity index (χ3n) is 2.43. The summed E-state index contributed by atoms with van der Waals surface area (Å²) in [7, 11) is 1.55. The normalized spacial score (nSPS) is 10.3. The zero-order valence-corrected chi connectivity index (χ0v) is 10.8. The van der Waals surface area contributed by atoms with E-state index in [9.17, 15) is 9.59 Å². The van der Waals surface area contributed by atoms with Gasteiger partial charge in [-0.25, -0.2) is 4.98 Å². The summed E-state index contributed by atoms with van der Waals surface area (Å²) in [6.07, 6.45) is 8.12. The van der Waals surface area contributed by atoms with Gasteiger partial charge in [-0.05, 0) is 6.92 Å². The van der Waals surface area contributed by atoms with Crippen LogP contribution < -0.4 is 5.56 Å². The first-order valence-corrected chi connectivity index (χ1v) is 6.03. The van der Waals surface area contributed by atoms with Gasteiger partial charge in [0.2, 0.25) is 0 Å². The maximum atomic E-state index is 12.1. The van der Waals surface area contributed by atoms with Crippen molar-refractivity contribution < 1.29 is 4.79 Å². The lowest BCUT2D eigenvalue weighted by Crippen LogP contribution is -2.33. The topological polar surface area (TPSA) is 54.7 Å². The Labute approximate surface area is 108 Å². The number of aromatic nitrogens is 2. The number of thiazole rings is 1. The number of hydrogen-bond acceptors (Lipinski definition) is 4. The van der Waals surface area contributed by atoms with Crippen LogP contribution in [0.3, 0.4) is 0 Å². The Morgan fingerprint density at radius 1 is 1.67 bits per heavy atom. The van der Waals surface area contributed by atoms with Crippen molar-refractivity contribution in [3.63, 3.8) is 0 Å². The number of fused-ring (bicyclic) bond motifs is 1. The van der Waals surface area contributed by atoms with Crippen molar-refractivity contribution in [2.45, 2.75) is 6.92 Å². The molecule has 0 spiro atoms. The predicted molar refractivity (Wildman–Crippen MR) is 69.9 cm³/mol. The minimum atomic E-state index is -0.413. The fourth-order valence-electron chi connectivity index (χ4n) is 1.56. The van der Waals surface area contributed by atoms with Crippen molar-refractivity contribution in [2.75, 3.05) is 13.6 Å². The number of rotatable bonds is 2. The minimum Gasteiger partial charge on any atom is -0.330 e. The summed E-state index contributed by atoms with van der Waals surface area (Å²) in [6, 6.07) is 0. The van der Waals surface area contributed by atoms with Gasteiger partial charge in [0.25, 0.3) is 11.5 Å². The molecule has 5 nitrogen and oxygen atoms in total. The van der Waals surface area contributed by atoms with Gasteiger partial charge in [-0.3, -0.25) is 14.0 Å². The van der Waals surface area contributed by atoms with E-state index in [0.29, 0.717) is 4.96 Å². The second-order valence-electron chi connectivity index (χ2n) is 3.84. The highest BCUT2D eigenvalue weighted by atomic mass is 32.1. The van der Waals surface area contributed by atoms with Crippen LogP contribution in [0.25, 0.3) is 4.96 Å². The van der Waals surface area contributed by atoms with Gasteiger partial charge >= 0.3 is 0 Å². The van der Waals surface area contributed by atoms with E-state index in [1.807, 2.05) is 6.92 Å². The molecule has 2 aromatic rings. The van der Waals surface area contributed by atoms with Crippen LogP contribution in [0, 0.1) is 19.3 Å². The lowest BCUT2D eigenvalue weighted by atomic mass is 10.3. The van der Waals surface area contributed by atoms with E-state index in [1.165, 1.54) is 26.8 Å². The maximum absolute atomic E-state index is 12.1. The van der Waals surface area contributed by atoms with Crippen LogP contribution in [0.4, 0.5) is 0 Å². The molecular weight excluding hydrogens is 250 g/mol. The Morgan fingerprint density at radius 2 is 2.39 bits per heavy atom. The van der Waals surface area contributed by atoms with Gasteiger partial charge in [0, 0.05) is 24.3 Å². The molecule has 2 aromatic heterocycles. The molecule has 0 aromatic carbocycles. The van der Waals surface area contributed by atoms with Crippen LogP contribution in [0.15, 0.2) is 17.2 Å². The molecular formula is C12H11N3O2S. The monoisotopic (exact) mass is 261 g/mol. The summed E-state index contributed by atoms with van der Waals surface area (Å²) >= 11 is 1.40. The van der Waals surface area contributed by atoms with E-state index in [0.717, 1.165) is 4.88 Å². The molecule has 0 bridgehead atoms. The van der Waals surface area contributed by atoms with E-state index in [2.05, 4.69) is 10.9 Å². The first-order valence-electron chi connectivity index (χ1n) is 5.21. The van der Waals surface area contributed by atoms with E-state index in [1.54, 1.807) is 13.2 Å². The van der Waals surface area contributed by atoms with Crippen LogP contribution >= 0.6 is 11.3 Å². The zero-order chi connectivity index (χ0) is 13.3. The third-order valence-corrected chi connectivity index (χ3v) is 3.34. The Bertz CT molecular complexity index is 708. The van der Waals surface area contributed by atoms with Gasteiger partial charge in [0.05, 0.1) is 6.54 Å². The number of aryl methyl sites for hydroxylation is 1. The van der Waals surface area contributed by atoms with Crippen molar-refractivity contribution in [1.82, 2.24) is 14.3 Å². The molecule has 0 radical (unpaired) electrons. The molecule has 0 saturated carbocycles. The van der Waals surface area contributed by atoms with Crippen molar-refractivity contribution >= 4 is 22.2 Å². The lowest BCUT2D eigenvalue weighted by Gasteiger charge is -2.12. The second kappa shape index (κ2) is 4.63. The second-order valence-corrected chi connectivity index (χ2v) is 5.05. The van der Waals surface area contributed by atoms with Gasteiger partial charge in [-0.1, -0.05) is 5.92 Å². The highest BCUT2D eigenvalue weighted by molar-refractivity contribution is 7.16. The number of amides is 1. The summed E-state index contributed by atoms with van der Waals surface area (Å²) in [5.41, 5.74) is -0.332. The first-order chi connectivity index (χ1) is 8.54. The number of hydrogen-bond donors (Lipinski definition) is 0. The lowest BCUT2D eigenvalue weighted by molar-refractivity contribution is 0.0810. The number of carbonyl (C=O) groups is 1. The molecule has 0 fully saturated rings. The van der Waals surface area contributed by atoms with Crippen LogP contribution in [-0.4, -0.2) is 33.8 Å². The molecule has 0 aliphatic heterocycles. The number of carbonyl (C=O) groups excluding carboxylic acids is 1. The van der Waals surface area contributed by atoms with E-state index in [-0.39, 0.29) is 17.7 Å². The Balaban J connectivity index is 2.53. The summed E-state index contributed by atoms with van der Waals surface area (Å²) in [5.74, 6) is 1.94. The van der Waals surface area contributed by atoms with Crippen molar-refractivity contribution in [1.29, 1.82) is 0 Å². The van der Waals surface area contributed by atoms with Crippen molar-refractivity contribution in [3.8, 4) is 12.3 Å². The SMILES string of the molecule is C#CCN(C)C(=O)c1cnc2sc(C)cn2c1=O. The van der Waals surface area contributed by atoms with Crippen molar-refractivity contribution in [2.24, 2.45) is 0 Å². The van der Waals surface area contributed by atoms with E-state index in [4.69, 9.17) is 6.42 Å². The molecule has 6 heteroatoms. The predicted octanol–water partition coefficient (Wildman–Crippen LogP) is 0.770. The smallest absolute Gasteiger partial charge is 0.271 e. The Hall–Kier alpha value is -2.13. The Morgan fingerprint density at radius 3 is 3.06 bits per heavy atom. The largest absolute Gasteiger partial charge is 0.330 e. The molecule has 18 heavy (non-hydrogen) atoms. The zero-order valence-electron chi connectivity index (χ0n) is 10.0. The molecule has 2 heterocycles. The van der Waals surface area contributed by atoms with Gasteiger partial charge in [-0.15, -0.1) is 17.8 Å². The van der Waals surface area contributed by atoms with E-state index >= 15 is 0 Å². The molecule has 0 aliphatic carbocycles. The highest BCUT2D eigenvalue weighted by Crippen LogP contribution is 2.12. The minimum absolute atomic E-state index is 0.0306. The van der Waals surface area contributed by atoms with Gasteiger partial charge in [-0.2, -0.15) is 0 Å². The average Bonchev–Trinajstić information content (AvgIpc) is 2.71. The van der Waals surface area contributed by atoms with Crippen molar-refractivity contribution in [3.05, 3.63) is 33.2 Å². The molecule has 0 unspecified atom stereocenters. The third kappa shape index (κ3) is 2.00. The number of terminal acetylenes is 1. The summed E-state index contributed by atoms with van der Waals surface area (Å²) < 4.78 is 1.39. The fraction of sp³-hybridized carbons (Fsp3) is 0.250. The quantitative estimate of drug-likeness (QED) is 0.750. The van der Waals surface area contributed by atoms with Crippen LogP contribution in [0.2, 0.25) is 0 Å². The van der Waals surface area contributed by atoms with E-state index < -0.39 is 5.91 Å². The maximum Gasteiger partial charge on any atom is 0.271 e. The molecule has 0 atom stereocenters. The highest BCUT2D eigenvalue weighted by Gasteiger charge is 2.17. The Kier molecular flexibility index (Phi) is 3.17. The molecule has 0 saturated heterocycles. The summed E-state index contributed by atoms with van der Waals surface area (Å²) in [6.45, 7) is 2.04. The summed E-state index contributed by atoms with van der Waals surface area (Å²) in [5, 5.41) is 0.